The Kier molecular flexibility index (Phi) is 34.9. The molecule has 7 aromatic carbocycles. The molecular formula is C63H82O6. The van der Waals surface area contributed by atoms with E-state index in [1.165, 1.54) is 47.9 Å². The van der Waals surface area contributed by atoms with Gasteiger partial charge in [-0.05, 0) is 58.7 Å². The maximum Gasteiger partial charge on any atom is 0.119 e. The Labute approximate surface area is 417 Å². The molecule has 0 radical (unpaired) electrons. The highest BCUT2D eigenvalue weighted by atomic mass is 16.6. The second-order valence-corrected chi connectivity index (χ2v) is 16.0. The summed E-state index contributed by atoms with van der Waals surface area (Å²) in [6.45, 7) is 21.6. The Bertz CT molecular complexity index is 1810. The van der Waals surface area contributed by atoms with Gasteiger partial charge in [0.1, 0.15) is 55.4 Å². The second kappa shape index (κ2) is 40.8. The van der Waals surface area contributed by atoms with Gasteiger partial charge in [-0.15, -0.1) is 0 Å². The number of ether oxygens (including phenoxy) is 6. The summed E-state index contributed by atoms with van der Waals surface area (Å²) in [5.74, 6) is 2.76. The summed E-state index contributed by atoms with van der Waals surface area (Å²) >= 11 is 0. The standard InChI is InChI=1S/2C12H10.3C9H10O2.4C3H8/c2*1-3-7-11(8-4-1)12-9-5-2-6-10-12;3*1-2-4-8(5-3-1)10-6-9-7-11-9;4*1-3-2/h2*1-10H;3*1-5,9H,6-7H2;4*3H2,1-2H3. The maximum atomic E-state index is 5.40. The molecule has 3 aliphatic rings. The molecule has 0 saturated carbocycles. The topological polar surface area (TPSA) is 65.3 Å². The van der Waals surface area contributed by atoms with E-state index in [4.69, 9.17) is 28.4 Å². The summed E-state index contributed by atoms with van der Waals surface area (Å²) < 4.78 is 31.2. The quantitative estimate of drug-likeness (QED) is 0.120. The molecule has 3 aliphatic heterocycles. The summed E-state index contributed by atoms with van der Waals surface area (Å²) in [6, 6.07) is 70.9. The van der Waals surface area contributed by atoms with E-state index in [0.717, 1.165) is 37.1 Å². The van der Waals surface area contributed by atoms with Crippen LogP contribution in [0.4, 0.5) is 0 Å². The van der Waals surface area contributed by atoms with E-state index in [-0.39, 0.29) is 0 Å². The van der Waals surface area contributed by atoms with Crippen molar-refractivity contribution >= 4 is 0 Å². The summed E-state index contributed by atoms with van der Waals surface area (Å²) in [7, 11) is 0. The van der Waals surface area contributed by atoms with Crippen LogP contribution >= 0.6 is 0 Å². The fraction of sp³-hybridized carbons (Fsp3) is 0.333. The Hall–Kier alpha value is -6.18. The van der Waals surface area contributed by atoms with E-state index in [9.17, 15) is 0 Å². The molecule has 69 heavy (non-hydrogen) atoms. The van der Waals surface area contributed by atoms with E-state index in [2.05, 4.69) is 152 Å². The van der Waals surface area contributed by atoms with Crippen molar-refractivity contribution in [3.05, 3.63) is 212 Å². The third-order valence-corrected chi connectivity index (χ3v) is 8.51. The first-order valence-corrected chi connectivity index (χ1v) is 25.0. The van der Waals surface area contributed by atoms with Crippen LogP contribution < -0.4 is 14.2 Å². The monoisotopic (exact) mass is 935 g/mol. The van der Waals surface area contributed by atoms with Crippen molar-refractivity contribution < 1.29 is 28.4 Å². The molecule has 0 bridgehead atoms. The van der Waals surface area contributed by atoms with Gasteiger partial charge in [0.2, 0.25) is 0 Å². The average Bonchev–Trinajstić information content (AvgIpc) is 4.26. The van der Waals surface area contributed by atoms with Gasteiger partial charge in [-0.25, -0.2) is 0 Å². The Morgan fingerprint density at radius 2 is 0.420 bits per heavy atom. The minimum absolute atomic E-state index is 0.343. The Morgan fingerprint density at radius 3 is 0.565 bits per heavy atom. The van der Waals surface area contributed by atoms with E-state index in [1.807, 2.05) is 115 Å². The summed E-state index contributed by atoms with van der Waals surface area (Å²) in [6.07, 6.45) is 6.03. The van der Waals surface area contributed by atoms with Crippen LogP contribution in [-0.4, -0.2) is 58.0 Å². The minimum atomic E-state index is 0.343. The van der Waals surface area contributed by atoms with Crippen molar-refractivity contribution in [1.29, 1.82) is 0 Å². The molecule has 0 aromatic heterocycles. The second-order valence-electron chi connectivity index (χ2n) is 16.0. The average molecular weight is 935 g/mol. The molecule has 3 fully saturated rings. The van der Waals surface area contributed by atoms with Gasteiger partial charge >= 0.3 is 0 Å². The normalized spacial score (nSPS) is 14.6. The molecule has 3 atom stereocenters. The highest BCUT2D eigenvalue weighted by Crippen LogP contribution is 2.19. The predicted molar refractivity (Wildman–Crippen MR) is 293 cm³/mol. The minimum Gasteiger partial charge on any atom is -0.491 e. The highest BCUT2D eigenvalue weighted by molar-refractivity contribution is 5.63. The van der Waals surface area contributed by atoms with Crippen molar-refractivity contribution in [1.82, 2.24) is 0 Å². The van der Waals surface area contributed by atoms with Gasteiger partial charge in [0, 0.05) is 0 Å². The Morgan fingerprint density at radius 1 is 0.275 bits per heavy atom. The molecule has 0 N–H and O–H groups in total. The molecule has 7 aromatic rings. The SMILES string of the molecule is CCC.CCC.CCC.CCC.c1ccc(-c2ccccc2)cc1.c1ccc(-c2ccccc2)cc1.c1ccc(OCC2CO2)cc1.c1ccc(OCC2CO2)cc1.c1ccc(OCC2CO2)cc1. The van der Waals surface area contributed by atoms with Crippen LogP contribution in [0, 0.1) is 0 Å². The van der Waals surface area contributed by atoms with E-state index in [1.54, 1.807) is 0 Å². The van der Waals surface area contributed by atoms with E-state index < -0.39 is 0 Å². The van der Waals surface area contributed by atoms with Crippen LogP contribution in [0.15, 0.2) is 212 Å². The van der Waals surface area contributed by atoms with Crippen LogP contribution in [0.3, 0.4) is 0 Å². The molecule has 3 heterocycles. The summed E-state index contributed by atoms with van der Waals surface area (Å²) in [5, 5.41) is 0. The van der Waals surface area contributed by atoms with Crippen LogP contribution in [0.1, 0.15) is 81.1 Å². The lowest BCUT2D eigenvalue weighted by atomic mass is 10.1. The third-order valence-electron chi connectivity index (χ3n) is 8.51. The van der Waals surface area contributed by atoms with Gasteiger partial charge in [0.15, 0.2) is 0 Å². The lowest BCUT2D eigenvalue weighted by Crippen LogP contribution is -2.03. The Balaban J connectivity index is 0.000000280. The molecule has 10 rings (SSSR count). The molecule has 0 amide bonds. The zero-order valence-electron chi connectivity index (χ0n) is 43.0. The van der Waals surface area contributed by atoms with Crippen molar-refractivity contribution in [2.45, 2.75) is 99.4 Å². The number of hydrogen-bond donors (Lipinski definition) is 0. The molecular weight excluding hydrogens is 853 g/mol. The smallest absolute Gasteiger partial charge is 0.119 e. The zero-order valence-corrected chi connectivity index (χ0v) is 43.0. The van der Waals surface area contributed by atoms with Crippen molar-refractivity contribution in [2.24, 2.45) is 0 Å². The number of hydrogen-bond acceptors (Lipinski definition) is 6. The van der Waals surface area contributed by atoms with E-state index in [0.29, 0.717) is 38.1 Å². The van der Waals surface area contributed by atoms with Crippen LogP contribution in [0.2, 0.25) is 0 Å². The molecule has 0 aliphatic carbocycles. The number of rotatable bonds is 11. The zero-order chi connectivity index (χ0) is 49.8. The van der Waals surface area contributed by atoms with E-state index >= 15 is 0 Å². The van der Waals surface area contributed by atoms with Gasteiger partial charge in [-0.1, -0.05) is 257 Å². The lowest BCUT2D eigenvalue weighted by Gasteiger charge is -2.01. The number of para-hydroxylation sites is 3. The molecule has 3 saturated heterocycles. The van der Waals surface area contributed by atoms with Gasteiger partial charge in [0.05, 0.1) is 19.8 Å². The predicted octanol–water partition coefficient (Wildman–Crippen LogP) is 16.8. The van der Waals surface area contributed by atoms with Gasteiger partial charge in [0.25, 0.3) is 0 Å². The van der Waals surface area contributed by atoms with Gasteiger partial charge < -0.3 is 28.4 Å². The number of epoxide rings is 3. The fourth-order valence-corrected chi connectivity index (χ4v) is 5.13. The molecule has 3 unspecified atom stereocenters. The first kappa shape index (κ1) is 58.9. The van der Waals surface area contributed by atoms with Crippen molar-refractivity contribution in [2.75, 3.05) is 39.6 Å². The third kappa shape index (κ3) is 33.0. The fourth-order valence-electron chi connectivity index (χ4n) is 5.13. The van der Waals surface area contributed by atoms with Crippen LogP contribution in [-0.2, 0) is 14.2 Å². The van der Waals surface area contributed by atoms with Crippen molar-refractivity contribution in [3.8, 4) is 39.5 Å². The van der Waals surface area contributed by atoms with Crippen LogP contribution in [0.5, 0.6) is 17.2 Å². The molecule has 0 spiro atoms. The van der Waals surface area contributed by atoms with Crippen LogP contribution in [0.25, 0.3) is 22.3 Å². The first-order chi connectivity index (χ1) is 33.9. The first-order valence-electron chi connectivity index (χ1n) is 25.0. The molecule has 370 valence electrons. The van der Waals surface area contributed by atoms with Crippen molar-refractivity contribution in [3.63, 3.8) is 0 Å². The highest BCUT2D eigenvalue weighted by Gasteiger charge is 2.24. The largest absolute Gasteiger partial charge is 0.491 e. The van der Waals surface area contributed by atoms with Gasteiger partial charge in [-0.3, -0.25) is 0 Å². The maximum absolute atomic E-state index is 5.40. The molecule has 6 nitrogen and oxygen atoms in total. The summed E-state index contributed by atoms with van der Waals surface area (Å²) in [5.41, 5.74) is 5.10. The number of benzene rings is 7. The molecule has 6 heteroatoms. The summed E-state index contributed by atoms with van der Waals surface area (Å²) in [4.78, 5) is 0. The van der Waals surface area contributed by atoms with Gasteiger partial charge in [-0.2, -0.15) is 0 Å². The lowest BCUT2D eigenvalue weighted by molar-refractivity contribution is 0.263.